The average Bonchev–Trinajstić information content (AvgIpc) is 3.00. The molecule has 1 amide bonds. The number of carbonyl (C=O) groups is 2. The number of anilines is 1. The molecule has 0 saturated carbocycles. The Bertz CT molecular complexity index is 952. The van der Waals surface area contributed by atoms with Gasteiger partial charge in [0.15, 0.2) is 10.4 Å². The average molecular weight is 428 g/mol. The van der Waals surface area contributed by atoms with Gasteiger partial charge in [-0.15, -0.1) is 0 Å². The number of rotatable bonds is 7. The Hall–Kier alpha value is -2.64. The maximum absolute atomic E-state index is 12.9. The fourth-order valence-electron chi connectivity index (χ4n) is 2.84. The molecule has 0 spiro atoms. The molecule has 5 nitrogen and oxygen atoms in total. The number of ether oxygens (including phenoxy) is 1. The molecular weight excluding hydrogens is 406 g/mol. The number of thioether (sulfide) groups is 1. The number of aryl methyl sites for hydroxylation is 1. The lowest BCUT2D eigenvalue weighted by Gasteiger charge is -2.14. The number of aliphatic carboxylic acids is 1. The summed E-state index contributed by atoms with van der Waals surface area (Å²) in [5, 5.41) is 9.09. The molecule has 1 unspecified atom stereocenters. The normalized spacial score (nSPS) is 16.3. The van der Waals surface area contributed by atoms with Crippen LogP contribution in [0.5, 0.6) is 5.75 Å². The molecule has 0 aromatic heterocycles. The maximum Gasteiger partial charge on any atom is 0.344 e. The van der Waals surface area contributed by atoms with Gasteiger partial charge in [-0.1, -0.05) is 62.1 Å². The largest absolute Gasteiger partial charge is 0.479 e. The Labute approximate surface area is 179 Å². The standard InChI is InChI=1S/C22H21NO4S2/c1-3-14-5-9-16(10-6-14)23-20(24)19(29-22(23)28)13-15-7-11-17(12-8-15)27-18(4-2)21(25)26/h5-13,18H,3-4H2,1-2H3,(H,25,26)/b19-13+. The minimum absolute atomic E-state index is 0.151. The van der Waals surface area contributed by atoms with Gasteiger partial charge in [-0.3, -0.25) is 9.69 Å². The summed E-state index contributed by atoms with van der Waals surface area (Å²) in [6.07, 6.45) is 2.21. The Morgan fingerprint density at radius 1 is 1.17 bits per heavy atom. The van der Waals surface area contributed by atoms with Gasteiger partial charge < -0.3 is 9.84 Å². The Balaban J connectivity index is 1.75. The quantitative estimate of drug-likeness (QED) is 0.501. The number of carboxylic acid groups (broad SMARTS) is 1. The highest BCUT2D eigenvalue weighted by Crippen LogP contribution is 2.36. The maximum atomic E-state index is 12.9. The predicted molar refractivity (Wildman–Crippen MR) is 120 cm³/mol. The van der Waals surface area contributed by atoms with E-state index in [0.29, 0.717) is 21.4 Å². The van der Waals surface area contributed by atoms with Crippen LogP contribution in [0.25, 0.3) is 6.08 Å². The second-order valence-corrected chi connectivity index (χ2v) is 8.13. The molecule has 1 aliphatic heterocycles. The summed E-state index contributed by atoms with van der Waals surface area (Å²) in [5.41, 5.74) is 2.77. The molecule has 3 rings (SSSR count). The molecule has 1 aliphatic rings. The van der Waals surface area contributed by atoms with Crippen molar-refractivity contribution in [3.05, 3.63) is 64.6 Å². The van der Waals surface area contributed by atoms with E-state index in [2.05, 4.69) is 6.92 Å². The molecule has 1 heterocycles. The number of carbonyl (C=O) groups excluding carboxylic acids is 1. The zero-order chi connectivity index (χ0) is 21.0. The molecular formula is C22H21NO4S2. The van der Waals surface area contributed by atoms with E-state index in [9.17, 15) is 9.59 Å². The number of benzene rings is 2. The number of hydrogen-bond acceptors (Lipinski definition) is 5. The van der Waals surface area contributed by atoms with Crippen LogP contribution in [-0.2, 0) is 16.0 Å². The van der Waals surface area contributed by atoms with E-state index in [1.165, 1.54) is 17.3 Å². The summed E-state index contributed by atoms with van der Waals surface area (Å²) in [6.45, 7) is 3.84. The second kappa shape index (κ2) is 9.24. The van der Waals surface area contributed by atoms with E-state index in [0.717, 1.165) is 17.7 Å². The van der Waals surface area contributed by atoms with E-state index < -0.39 is 12.1 Å². The third-order valence-corrected chi connectivity index (χ3v) is 5.80. The zero-order valence-electron chi connectivity index (χ0n) is 16.1. The Morgan fingerprint density at radius 3 is 2.38 bits per heavy atom. The molecule has 1 N–H and O–H groups in total. The lowest BCUT2D eigenvalue weighted by molar-refractivity contribution is -0.145. The summed E-state index contributed by atoms with van der Waals surface area (Å²) in [5.74, 6) is -0.673. The van der Waals surface area contributed by atoms with Crippen molar-refractivity contribution < 1.29 is 19.4 Å². The van der Waals surface area contributed by atoms with Crippen molar-refractivity contribution in [1.29, 1.82) is 0 Å². The topological polar surface area (TPSA) is 66.8 Å². The van der Waals surface area contributed by atoms with E-state index in [-0.39, 0.29) is 5.91 Å². The van der Waals surface area contributed by atoms with Crippen molar-refractivity contribution in [2.75, 3.05) is 4.90 Å². The summed E-state index contributed by atoms with van der Waals surface area (Å²) in [7, 11) is 0. The van der Waals surface area contributed by atoms with Crippen molar-refractivity contribution in [1.82, 2.24) is 0 Å². The van der Waals surface area contributed by atoms with Gasteiger partial charge in [0, 0.05) is 0 Å². The van der Waals surface area contributed by atoms with E-state index in [1.807, 2.05) is 24.3 Å². The van der Waals surface area contributed by atoms with Crippen LogP contribution in [0.1, 0.15) is 31.4 Å². The van der Waals surface area contributed by atoms with Crippen LogP contribution < -0.4 is 9.64 Å². The smallest absolute Gasteiger partial charge is 0.344 e. The number of hydrogen-bond donors (Lipinski definition) is 1. The molecule has 1 fully saturated rings. The molecule has 2 aromatic rings. The first-order valence-electron chi connectivity index (χ1n) is 9.29. The first kappa shape index (κ1) is 21.1. The monoisotopic (exact) mass is 427 g/mol. The number of carboxylic acids is 1. The van der Waals surface area contributed by atoms with E-state index in [1.54, 1.807) is 42.2 Å². The summed E-state index contributed by atoms with van der Waals surface area (Å²) >= 11 is 6.68. The van der Waals surface area contributed by atoms with Crippen molar-refractivity contribution in [2.45, 2.75) is 32.8 Å². The first-order chi connectivity index (χ1) is 13.9. The van der Waals surface area contributed by atoms with E-state index in [4.69, 9.17) is 22.1 Å². The molecule has 0 bridgehead atoms. The van der Waals surface area contributed by atoms with Crippen LogP contribution >= 0.6 is 24.0 Å². The van der Waals surface area contributed by atoms with Gasteiger partial charge in [0.05, 0.1) is 10.6 Å². The minimum atomic E-state index is -0.993. The van der Waals surface area contributed by atoms with Crippen LogP contribution in [0.2, 0.25) is 0 Å². The number of thiocarbonyl (C=S) groups is 1. The van der Waals surface area contributed by atoms with Gasteiger partial charge in [0.2, 0.25) is 0 Å². The van der Waals surface area contributed by atoms with Crippen LogP contribution in [-0.4, -0.2) is 27.4 Å². The summed E-state index contributed by atoms with van der Waals surface area (Å²) in [4.78, 5) is 26.0. The van der Waals surface area contributed by atoms with E-state index >= 15 is 0 Å². The van der Waals surface area contributed by atoms with Crippen LogP contribution in [0.3, 0.4) is 0 Å². The predicted octanol–water partition coefficient (Wildman–Crippen LogP) is 4.90. The highest BCUT2D eigenvalue weighted by molar-refractivity contribution is 8.27. The van der Waals surface area contributed by atoms with Crippen molar-refractivity contribution in [2.24, 2.45) is 0 Å². The fraction of sp³-hybridized carbons (Fsp3) is 0.227. The minimum Gasteiger partial charge on any atom is -0.479 e. The SMILES string of the molecule is CCc1ccc(N2C(=O)/C(=C\c3ccc(OC(CC)C(=O)O)cc3)SC2=S)cc1. The van der Waals surface area contributed by atoms with Crippen LogP contribution in [0, 0.1) is 0 Å². The number of amides is 1. The molecule has 7 heteroatoms. The lowest BCUT2D eigenvalue weighted by Crippen LogP contribution is -2.27. The first-order valence-corrected chi connectivity index (χ1v) is 10.5. The molecule has 29 heavy (non-hydrogen) atoms. The Kier molecular flexibility index (Phi) is 6.71. The van der Waals surface area contributed by atoms with Gasteiger partial charge in [0.25, 0.3) is 5.91 Å². The van der Waals surface area contributed by atoms with Gasteiger partial charge in [-0.25, -0.2) is 4.79 Å². The fourth-order valence-corrected chi connectivity index (χ4v) is 4.14. The third-order valence-electron chi connectivity index (χ3n) is 4.50. The Morgan fingerprint density at radius 2 is 1.83 bits per heavy atom. The van der Waals surface area contributed by atoms with Crippen LogP contribution in [0.4, 0.5) is 5.69 Å². The van der Waals surface area contributed by atoms with Gasteiger partial charge in [0.1, 0.15) is 5.75 Å². The molecule has 0 radical (unpaired) electrons. The lowest BCUT2D eigenvalue weighted by atomic mass is 10.1. The molecule has 1 atom stereocenters. The second-order valence-electron chi connectivity index (χ2n) is 6.46. The van der Waals surface area contributed by atoms with Gasteiger partial charge in [-0.2, -0.15) is 0 Å². The van der Waals surface area contributed by atoms with Gasteiger partial charge >= 0.3 is 5.97 Å². The van der Waals surface area contributed by atoms with Gasteiger partial charge in [-0.05, 0) is 54.3 Å². The van der Waals surface area contributed by atoms with Crippen molar-refractivity contribution in [3.8, 4) is 5.75 Å². The molecule has 150 valence electrons. The van der Waals surface area contributed by atoms with Crippen molar-refractivity contribution >= 4 is 51.9 Å². The third kappa shape index (κ3) is 4.86. The summed E-state index contributed by atoms with van der Waals surface area (Å²) < 4.78 is 5.96. The highest BCUT2D eigenvalue weighted by atomic mass is 32.2. The molecule has 2 aromatic carbocycles. The van der Waals surface area contributed by atoms with Crippen LogP contribution in [0.15, 0.2) is 53.4 Å². The zero-order valence-corrected chi connectivity index (χ0v) is 17.8. The molecule has 0 aliphatic carbocycles. The summed E-state index contributed by atoms with van der Waals surface area (Å²) in [6, 6.07) is 14.8. The molecule has 1 saturated heterocycles. The number of nitrogens with zero attached hydrogens (tertiary/aromatic N) is 1. The highest BCUT2D eigenvalue weighted by Gasteiger charge is 2.33. The van der Waals surface area contributed by atoms with Crippen molar-refractivity contribution in [3.63, 3.8) is 0 Å².